The van der Waals surface area contributed by atoms with E-state index in [0.717, 1.165) is 12.8 Å². The molecule has 2 heterocycles. The first kappa shape index (κ1) is 16.3. The van der Waals surface area contributed by atoms with Crippen LogP contribution in [0.3, 0.4) is 0 Å². The fourth-order valence-corrected chi connectivity index (χ4v) is 4.23. The summed E-state index contributed by atoms with van der Waals surface area (Å²) in [5, 5.41) is 14.7. The monoisotopic (exact) mass is 335 g/mol. The molecule has 7 heteroatoms. The van der Waals surface area contributed by atoms with E-state index in [1.165, 1.54) is 30.7 Å². The third kappa shape index (κ3) is 3.21. The van der Waals surface area contributed by atoms with E-state index in [2.05, 4.69) is 5.32 Å². The number of nitro groups is 1. The van der Waals surface area contributed by atoms with Gasteiger partial charge in [-0.2, -0.15) is 0 Å². The molecule has 2 bridgehead atoms. The number of fused-ring (bicyclic) bond motifs is 2. The van der Waals surface area contributed by atoms with Crippen molar-refractivity contribution in [1.82, 2.24) is 10.2 Å². The zero-order valence-corrected chi connectivity index (χ0v) is 14.1. The van der Waals surface area contributed by atoms with Gasteiger partial charge < -0.3 is 10.2 Å². The van der Waals surface area contributed by atoms with E-state index >= 15 is 0 Å². The number of hydrogen-bond donors (Lipinski definition) is 1. The quantitative estimate of drug-likeness (QED) is 0.520. The summed E-state index contributed by atoms with van der Waals surface area (Å²) in [7, 11) is 1.81. The van der Waals surface area contributed by atoms with Crippen molar-refractivity contribution in [3.8, 4) is 0 Å². The Hall–Kier alpha value is -1.60. The van der Waals surface area contributed by atoms with Crippen molar-refractivity contribution >= 4 is 23.4 Å². The SMILES string of the molecule is CSc1ccc(C(=O)N(C)C2CC3CCC(C2)N3)cc1[N+](=O)[O-]. The summed E-state index contributed by atoms with van der Waals surface area (Å²) < 4.78 is 0. The van der Waals surface area contributed by atoms with Crippen LogP contribution in [0.1, 0.15) is 36.0 Å². The standard InChI is InChI=1S/C16H21N3O3S/c1-18(13-8-11-4-5-12(9-13)17-11)16(20)10-3-6-15(23-2)14(7-10)19(21)22/h3,6-7,11-13,17H,4-5,8-9H2,1-2H3. The van der Waals surface area contributed by atoms with Crippen molar-refractivity contribution < 1.29 is 9.72 Å². The summed E-state index contributed by atoms with van der Waals surface area (Å²) in [6.45, 7) is 0. The minimum atomic E-state index is -0.423. The molecule has 23 heavy (non-hydrogen) atoms. The molecule has 3 rings (SSSR count). The molecule has 1 aromatic carbocycles. The Bertz CT molecular complexity index is 625. The first-order chi connectivity index (χ1) is 11.0. The maximum atomic E-state index is 12.7. The predicted molar refractivity (Wildman–Crippen MR) is 89.9 cm³/mol. The zero-order chi connectivity index (χ0) is 16.6. The van der Waals surface area contributed by atoms with E-state index in [-0.39, 0.29) is 17.6 Å². The van der Waals surface area contributed by atoms with E-state index in [1.54, 1.807) is 23.3 Å². The first-order valence-corrected chi connectivity index (χ1v) is 9.07. The van der Waals surface area contributed by atoms with Gasteiger partial charge >= 0.3 is 0 Å². The van der Waals surface area contributed by atoms with Gasteiger partial charge in [0.1, 0.15) is 0 Å². The fourth-order valence-electron chi connectivity index (χ4n) is 3.68. The van der Waals surface area contributed by atoms with Gasteiger partial charge in [0.05, 0.1) is 9.82 Å². The van der Waals surface area contributed by atoms with Crippen molar-refractivity contribution in [2.24, 2.45) is 0 Å². The Morgan fingerprint density at radius 1 is 1.35 bits per heavy atom. The first-order valence-electron chi connectivity index (χ1n) is 7.85. The second-order valence-corrected chi connectivity index (χ2v) is 7.17. The molecule has 0 aliphatic carbocycles. The highest BCUT2D eigenvalue weighted by Crippen LogP contribution is 2.31. The van der Waals surface area contributed by atoms with Crippen LogP contribution in [-0.2, 0) is 0 Å². The highest BCUT2D eigenvalue weighted by molar-refractivity contribution is 7.98. The average molecular weight is 335 g/mol. The summed E-state index contributed by atoms with van der Waals surface area (Å²) in [5.74, 6) is -0.132. The Kier molecular flexibility index (Phi) is 4.59. The molecule has 2 unspecified atom stereocenters. The van der Waals surface area contributed by atoms with Gasteiger partial charge in [-0.25, -0.2) is 0 Å². The average Bonchev–Trinajstić information content (AvgIpc) is 2.90. The Labute approximate surface area is 139 Å². The third-order valence-corrected chi connectivity index (χ3v) is 5.72. The highest BCUT2D eigenvalue weighted by atomic mass is 32.2. The van der Waals surface area contributed by atoms with Crippen LogP contribution in [0.25, 0.3) is 0 Å². The van der Waals surface area contributed by atoms with Gasteiger partial charge in [0.2, 0.25) is 0 Å². The number of amides is 1. The molecule has 0 saturated carbocycles. The molecule has 2 atom stereocenters. The van der Waals surface area contributed by atoms with Gasteiger partial charge in [-0.3, -0.25) is 14.9 Å². The Morgan fingerprint density at radius 3 is 2.57 bits per heavy atom. The summed E-state index contributed by atoms with van der Waals surface area (Å²) in [6, 6.07) is 5.97. The van der Waals surface area contributed by atoms with E-state index < -0.39 is 4.92 Å². The van der Waals surface area contributed by atoms with Crippen molar-refractivity contribution in [1.29, 1.82) is 0 Å². The van der Waals surface area contributed by atoms with Crippen molar-refractivity contribution in [2.75, 3.05) is 13.3 Å². The molecule has 1 N–H and O–H groups in total. The minimum Gasteiger partial charge on any atom is -0.339 e. The zero-order valence-electron chi connectivity index (χ0n) is 13.3. The molecular weight excluding hydrogens is 314 g/mol. The van der Waals surface area contributed by atoms with Crippen LogP contribution >= 0.6 is 11.8 Å². The van der Waals surface area contributed by atoms with Gasteiger partial charge in [-0.05, 0) is 44.1 Å². The molecule has 0 spiro atoms. The molecule has 124 valence electrons. The largest absolute Gasteiger partial charge is 0.339 e. The molecule has 2 aliphatic rings. The van der Waals surface area contributed by atoms with Crippen LogP contribution < -0.4 is 5.32 Å². The van der Waals surface area contributed by atoms with Crippen LogP contribution in [-0.4, -0.2) is 47.2 Å². The number of carbonyl (C=O) groups excluding carboxylic acids is 1. The number of thioether (sulfide) groups is 1. The van der Waals surface area contributed by atoms with Crippen molar-refractivity contribution in [2.45, 2.75) is 48.7 Å². The molecule has 2 fully saturated rings. The lowest BCUT2D eigenvalue weighted by Gasteiger charge is -2.35. The summed E-state index contributed by atoms with van der Waals surface area (Å²) >= 11 is 1.31. The second kappa shape index (κ2) is 6.49. The number of benzene rings is 1. The maximum absolute atomic E-state index is 12.7. The number of hydrogen-bond acceptors (Lipinski definition) is 5. The highest BCUT2D eigenvalue weighted by Gasteiger charge is 2.36. The maximum Gasteiger partial charge on any atom is 0.283 e. The van der Waals surface area contributed by atoms with Crippen LogP contribution in [0.2, 0.25) is 0 Å². The number of piperidine rings is 1. The summed E-state index contributed by atoms with van der Waals surface area (Å²) in [4.78, 5) is 25.8. The molecule has 0 aromatic heterocycles. The molecule has 1 aromatic rings. The molecule has 2 saturated heterocycles. The van der Waals surface area contributed by atoms with Crippen molar-refractivity contribution in [3.05, 3.63) is 33.9 Å². The van der Waals surface area contributed by atoms with E-state index in [4.69, 9.17) is 0 Å². The smallest absolute Gasteiger partial charge is 0.283 e. The van der Waals surface area contributed by atoms with E-state index in [1.807, 2.05) is 7.05 Å². The molecule has 2 aliphatic heterocycles. The van der Waals surface area contributed by atoms with E-state index in [9.17, 15) is 14.9 Å². The van der Waals surface area contributed by atoms with Crippen LogP contribution in [0.15, 0.2) is 23.1 Å². The number of carbonyl (C=O) groups is 1. The number of nitrogens with zero attached hydrogens (tertiary/aromatic N) is 2. The fraction of sp³-hybridized carbons (Fsp3) is 0.562. The van der Waals surface area contributed by atoms with Gasteiger partial charge in [-0.15, -0.1) is 11.8 Å². The third-order valence-electron chi connectivity index (χ3n) is 4.94. The summed E-state index contributed by atoms with van der Waals surface area (Å²) in [5.41, 5.74) is 0.394. The molecule has 6 nitrogen and oxygen atoms in total. The van der Waals surface area contributed by atoms with Crippen LogP contribution in [0.4, 0.5) is 5.69 Å². The van der Waals surface area contributed by atoms with Gasteiger partial charge in [-0.1, -0.05) is 0 Å². The number of nitrogens with one attached hydrogen (secondary N) is 1. The lowest BCUT2D eigenvalue weighted by molar-refractivity contribution is -0.387. The molecular formula is C16H21N3O3S. The number of rotatable bonds is 4. The lowest BCUT2D eigenvalue weighted by Crippen LogP contribution is -2.48. The minimum absolute atomic E-state index is 0.00197. The summed E-state index contributed by atoms with van der Waals surface area (Å²) in [6.07, 6.45) is 6.07. The lowest BCUT2D eigenvalue weighted by atomic mass is 9.98. The topological polar surface area (TPSA) is 75.5 Å². The van der Waals surface area contributed by atoms with Gasteiger partial charge in [0.15, 0.2) is 0 Å². The van der Waals surface area contributed by atoms with Crippen molar-refractivity contribution in [3.63, 3.8) is 0 Å². The molecule has 1 amide bonds. The van der Waals surface area contributed by atoms with Crippen LogP contribution in [0.5, 0.6) is 0 Å². The van der Waals surface area contributed by atoms with Crippen LogP contribution in [0, 0.1) is 10.1 Å². The van der Waals surface area contributed by atoms with E-state index in [0.29, 0.717) is 22.5 Å². The normalized spacial score (nSPS) is 26.1. The number of nitro benzene ring substituents is 1. The van der Waals surface area contributed by atoms with Gasteiger partial charge in [0, 0.05) is 36.8 Å². The second-order valence-electron chi connectivity index (χ2n) is 6.32. The predicted octanol–water partition coefficient (Wildman–Crippen LogP) is 2.67. The Morgan fingerprint density at radius 2 is 2.00 bits per heavy atom. The molecule has 0 radical (unpaired) electrons. The Balaban J connectivity index is 1.79. The van der Waals surface area contributed by atoms with Gasteiger partial charge in [0.25, 0.3) is 11.6 Å².